The molecule has 1 rings (SSSR count). The SMILES string of the molecule is CC(CO)Sc1cc(N)nc(C(F)(F)F)n1. The van der Waals surface area contributed by atoms with Crippen LogP contribution >= 0.6 is 11.8 Å². The van der Waals surface area contributed by atoms with E-state index in [-0.39, 0.29) is 22.7 Å². The lowest BCUT2D eigenvalue weighted by atomic mass is 10.5. The highest BCUT2D eigenvalue weighted by molar-refractivity contribution is 7.99. The molecule has 0 aliphatic carbocycles. The first-order chi connectivity index (χ1) is 7.32. The van der Waals surface area contributed by atoms with Gasteiger partial charge in [-0.15, -0.1) is 11.8 Å². The average Bonchev–Trinajstić information content (AvgIpc) is 2.15. The molecule has 1 atom stereocenters. The Bertz CT molecular complexity index is 372. The Hall–Kier alpha value is -1.02. The molecule has 0 radical (unpaired) electrons. The maximum atomic E-state index is 12.3. The quantitative estimate of drug-likeness (QED) is 0.631. The lowest BCUT2D eigenvalue weighted by Crippen LogP contribution is -2.13. The molecule has 1 aromatic heterocycles. The van der Waals surface area contributed by atoms with Crippen LogP contribution < -0.4 is 5.73 Å². The largest absolute Gasteiger partial charge is 0.451 e. The number of nitrogen functional groups attached to an aromatic ring is 1. The molecule has 1 aromatic rings. The lowest BCUT2D eigenvalue weighted by Gasteiger charge is -2.10. The Balaban J connectivity index is 2.99. The molecule has 0 saturated carbocycles. The van der Waals surface area contributed by atoms with Crippen molar-refractivity contribution in [2.75, 3.05) is 12.3 Å². The van der Waals surface area contributed by atoms with Gasteiger partial charge in [-0.3, -0.25) is 0 Å². The highest BCUT2D eigenvalue weighted by Crippen LogP contribution is 2.29. The predicted octanol–water partition coefficient (Wildman–Crippen LogP) is 1.55. The van der Waals surface area contributed by atoms with Gasteiger partial charge in [-0.05, 0) is 0 Å². The van der Waals surface area contributed by atoms with Crippen molar-refractivity contribution in [1.82, 2.24) is 9.97 Å². The summed E-state index contributed by atoms with van der Waals surface area (Å²) in [5.41, 5.74) is 5.25. The topological polar surface area (TPSA) is 72.0 Å². The highest BCUT2D eigenvalue weighted by Gasteiger charge is 2.35. The summed E-state index contributed by atoms with van der Waals surface area (Å²) in [6.45, 7) is 1.51. The Morgan fingerprint density at radius 2 is 2.12 bits per heavy atom. The van der Waals surface area contributed by atoms with Crippen molar-refractivity contribution in [2.45, 2.75) is 23.4 Å². The van der Waals surface area contributed by atoms with Crippen molar-refractivity contribution in [3.05, 3.63) is 11.9 Å². The van der Waals surface area contributed by atoms with Crippen molar-refractivity contribution >= 4 is 17.6 Å². The number of hydrogen-bond acceptors (Lipinski definition) is 5. The molecule has 0 bridgehead atoms. The number of anilines is 1. The molecule has 0 saturated heterocycles. The third-order valence-electron chi connectivity index (χ3n) is 1.56. The Morgan fingerprint density at radius 1 is 1.50 bits per heavy atom. The van der Waals surface area contributed by atoms with Gasteiger partial charge in [0.1, 0.15) is 10.8 Å². The van der Waals surface area contributed by atoms with Gasteiger partial charge in [-0.25, -0.2) is 9.97 Å². The van der Waals surface area contributed by atoms with Gasteiger partial charge in [0, 0.05) is 11.3 Å². The number of aliphatic hydroxyl groups excluding tert-OH is 1. The molecule has 0 spiro atoms. The van der Waals surface area contributed by atoms with E-state index in [4.69, 9.17) is 10.8 Å². The Kier molecular flexibility index (Phi) is 3.98. The molecule has 0 aliphatic heterocycles. The zero-order chi connectivity index (χ0) is 12.3. The fraction of sp³-hybridized carbons (Fsp3) is 0.500. The van der Waals surface area contributed by atoms with Gasteiger partial charge in [0.05, 0.1) is 6.61 Å². The van der Waals surface area contributed by atoms with Crippen molar-refractivity contribution in [3.8, 4) is 0 Å². The van der Waals surface area contributed by atoms with Crippen LogP contribution in [-0.4, -0.2) is 26.9 Å². The van der Waals surface area contributed by atoms with Crippen LogP contribution in [0, 0.1) is 0 Å². The van der Waals surface area contributed by atoms with E-state index >= 15 is 0 Å². The highest BCUT2D eigenvalue weighted by atomic mass is 32.2. The van der Waals surface area contributed by atoms with Crippen LogP contribution in [0.15, 0.2) is 11.1 Å². The molecule has 0 fully saturated rings. The fourth-order valence-corrected chi connectivity index (χ4v) is 1.69. The first kappa shape index (κ1) is 13.0. The molecule has 90 valence electrons. The second-order valence-corrected chi connectivity index (χ2v) is 4.52. The second kappa shape index (κ2) is 4.88. The van der Waals surface area contributed by atoms with Crippen LogP contribution in [-0.2, 0) is 6.18 Å². The summed E-state index contributed by atoms with van der Waals surface area (Å²) in [6, 6.07) is 1.24. The summed E-state index contributed by atoms with van der Waals surface area (Å²) < 4.78 is 37.0. The molecule has 0 aliphatic rings. The predicted molar refractivity (Wildman–Crippen MR) is 53.9 cm³/mol. The van der Waals surface area contributed by atoms with Gasteiger partial charge < -0.3 is 10.8 Å². The number of halogens is 3. The van der Waals surface area contributed by atoms with Gasteiger partial charge in [0.2, 0.25) is 5.82 Å². The van der Waals surface area contributed by atoms with E-state index in [1.165, 1.54) is 6.07 Å². The smallest absolute Gasteiger partial charge is 0.395 e. The molecule has 0 amide bonds. The Labute approximate surface area is 94.1 Å². The number of rotatable bonds is 3. The van der Waals surface area contributed by atoms with Gasteiger partial charge in [-0.1, -0.05) is 6.92 Å². The molecule has 16 heavy (non-hydrogen) atoms. The minimum Gasteiger partial charge on any atom is -0.395 e. The number of alkyl halides is 3. The van der Waals surface area contributed by atoms with E-state index in [9.17, 15) is 13.2 Å². The molecular weight excluding hydrogens is 243 g/mol. The first-order valence-electron chi connectivity index (χ1n) is 4.32. The van der Waals surface area contributed by atoms with Gasteiger partial charge >= 0.3 is 6.18 Å². The summed E-state index contributed by atoms with van der Waals surface area (Å²) in [5.74, 6) is -1.50. The van der Waals surface area contributed by atoms with E-state index in [0.717, 1.165) is 11.8 Å². The minimum absolute atomic E-state index is 0.0985. The number of thioether (sulfide) groups is 1. The third kappa shape index (κ3) is 3.53. The summed E-state index contributed by atoms with van der Waals surface area (Å²) >= 11 is 1.01. The average molecular weight is 253 g/mol. The molecule has 0 aromatic carbocycles. The van der Waals surface area contributed by atoms with Gasteiger partial charge in [-0.2, -0.15) is 13.2 Å². The molecular formula is C8H10F3N3OS. The zero-order valence-electron chi connectivity index (χ0n) is 8.32. The van der Waals surface area contributed by atoms with Crippen LogP contribution in [0.25, 0.3) is 0 Å². The van der Waals surface area contributed by atoms with Gasteiger partial charge in [0.15, 0.2) is 0 Å². The minimum atomic E-state index is -4.62. The monoisotopic (exact) mass is 253 g/mol. The number of nitrogens with two attached hydrogens (primary N) is 1. The van der Waals surface area contributed by atoms with E-state index in [0.29, 0.717) is 0 Å². The van der Waals surface area contributed by atoms with Crippen LogP contribution in [0.3, 0.4) is 0 Å². The summed E-state index contributed by atoms with van der Waals surface area (Å²) in [4.78, 5) is 6.43. The molecule has 8 heteroatoms. The van der Waals surface area contributed by atoms with Crippen LogP contribution in [0.1, 0.15) is 12.7 Å². The normalized spacial score (nSPS) is 13.8. The standard InChI is InChI=1S/C8H10F3N3OS/c1-4(3-15)16-6-2-5(12)13-7(14-6)8(9,10)11/h2,4,15H,3H2,1H3,(H2,12,13,14). The van der Waals surface area contributed by atoms with E-state index in [1.54, 1.807) is 6.92 Å². The summed E-state index contributed by atoms with van der Waals surface area (Å²) in [7, 11) is 0. The number of aromatic nitrogens is 2. The van der Waals surface area contributed by atoms with Crippen molar-refractivity contribution in [1.29, 1.82) is 0 Å². The van der Waals surface area contributed by atoms with Gasteiger partial charge in [0.25, 0.3) is 0 Å². The zero-order valence-corrected chi connectivity index (χ0v) is 9.14. The van der Waals surface area contributed by atoms with E-state index < -0.39 is 12.0 Å². The van der Waals surface area contributed by atoms with Crippen molar-refractivity contribution in [3.63, 3.8) is 0 Å². The molecule has 4 nitrogen and oxygen atoms in total. The second-order valence-electron chi connectivity index (χ2n) is 3.06. The summed E-state index contributed by atoms with van der Waals surface area (Å²) in [5, 5.41) is 8.62. The van der Waals surface area contributed by atoms with Crippen molar-refractivity contribution in [2.24, 2.45) is 0 Å². The molecule has 1 unspecified atom stereocenters. The first-order valence-corrected chi connectivity index (χ1v) is 5.20. The van der Waals surface area contributed by atoms with E-state index in [2.05, 4.69) is 9.97 Å². The Morgan fingerprint density at radius 3 is 2.62 bits per heavy atom. The fourth-order valence-electron chi connectivity index (χ4n) is 0.873. The maximum absolute atomic E-state index is 12.3. The number of nitrogens with zero attached hydrogens (tertiary/aromatic N) is 2. The van der Waals surface area contributed by atoms with Crippen LogP contribution in [0.2, 0.25) is 0 Å². The van der Waals surface area contributed by atoms with E-state index in [1.807, 2.05) is 0 Å². The third-order valence-corrected chi connectivity index (χ3v) is 2.56. The lowest BCUT2D eigenvalue weighted by molar-refractivity contribution is -0.145. The maximum Gasteiger partial charge on any atom is 0.451 e. The molecule has 1 heterocycles. The number of aliphatic hydroxyl groups is 1. The van der Waals surface area contributed by atoms with Crippen LogP contribution in [0.4, 0.5) is 19.0 Å². The summed E-state index contributed by atoms with van der Waals surface area (Å²) in [6.07, 6.45) is -4.62. The number of hydrogen-bond donors (Lipinski definition) is 2. The van der Waals surface area contributed by atoms with Crippen LogP contribution in [0.5, 0.6) is 0 Å². The molecule has 3 N–H and O–H groups in total. The van der Waals surface area contributed by atoms with Crippen molar-refractivity contribution < 1.29 is 18.3 Å².